The number of nitrogens with zero attached hydrogens (tertiary/aromatic N) is 1. The zero-order valence-corrected chi connectivity index (χ0v) is 27.2. The molecule has 0 atom stereocenters. The molecule has 1 nitrogen and oxygen atoms in total. The number of benzene rings is 9. The summed E-state index contributed by atoms with van der Waals surface area (Å²) in [5.41, 5.74) is 10.0. The van der Waals surface area contributed by atoms with Crippen molar-refractivity contribution in [1.29, 1.82) is 0 Å². The maximum Gasteiger partial charge on any atom is 0.242 e. The van der Waals surface area contributed by atoms with Crippen LogP contribution < -0.4 is 21.3 Å². The van der Waals surface area contributed by atoms with Gasteiger partial charge >= 0.3 is 0 Å². The van der Waals surface area contributed by atoms with Crippen molar-refractivity contribution in [2.45, 2.75) is 13.8 Å². The molecule has 0 aliphatic heterocycles. The average molecular weight is 612 g/mol. The fraction of sp³-hybridized carbons (Fsp3) is 0.0435. The van der Waals surface area contributed by atoms with Crippen molar-refractivity contribution in [1.82, 2.24) is 0 Å². The fourth-order valence-corrected chi connectivity index (χ4v) is 7.94. The van der Waals surface area contributed by atoms with Gasteiger partial charge in [-0.2, -0.15) is 0 Å². The first-order valence-electron chi connectivity index (χ1n) is 16.8. The summed E-state index contributed by atoms with van der Waals surface area (Å²) in [6.45, 7) is 4.67. The first kappa shape index (κ1) is 28.4. The molecular formula is C46H34BN. The molecule has 2 heteroatoms. The van der Waals surface area contributed by atoms with E-state index in [0.717, 1.165) is 11.4 Å². The van der Waals surface area contributed by atoms with Crippen molar-refractivity contribution < 1.29 is 0 Å². The number of hydrogen-bond acceptors (Lipinski definition) is 1. The van der Waals surface area contributed by atoms with Gasteiger partial charge in [-0.25, -0.2) is 0 Å². The summed E-state index contributed by atoms with van der Waals surface area (Å²) in [6, 6.07) is 62.5. The molecule has 0 radical (unpaired) electrons. The van der Waals surface area contributed by atoms with Gasteiger partial charge in [-0.15, -0.1) is 0 Å². The summed E-state index contributed by atoms with van der Waals surface area (Å²) in [7, 11) is 0. The number of anilines is 3. The van der Waals surface area contributed by atoms with Crippen LogP contribution in [0, 0.1) is 13.8 Å². The predicted octanol–water partition coefficient (Wildman–Crippen LogP) is 10.3. The molecule has 9 aromatic carbocycles. The lowest BCUT2D eigenvalue weighted by molar-refractivity contribution is 1.30. The number of fused-ring (bicyclic) bond motifs is 1. The SMILES string of the molecule is Cc1cc(B(c2ccccc2)c2ccccc2)c2ccc3c(C)cc(N(c4ccccc4)c4ccc5ccccc5c4)c4ccc1c2c34. The normalized spacial score (nSPS) is 11.5. The topological polar surface area (TPSA) is 3.24 Å². The number of para-hydroxylation sites is 1. The molecule has 0 aromatic heterocycles. The van der Waals surface area contributed by atoms with Gasteiger partial charge in [0.05, 0.1) is 5.69 Å². The van der Waals surface area contributed by atoms with Crippen LogP contribution in [0.2, 0.25) is 0 Å². The molecule has 0 N–H and O–H groups in total. The van der Waals surface area contributed by atoms with Crippen LogP contribution in [0.5, 0.6) is 0 Å². The van der Waals surface area contributed by atoms with E-state index in [1.54, 1.807) is 0 Å². The van der Waals surface area contributed by atoms with Gasteiger partial charge in [0.2, 0.25) is 6.71 Å². The zero-order valence-electron chi connectivity index (χ0n) is 27.2. The molecule has 0 spiro atoms. The fourth-order valence-electron chi connectivity index (χ4n) is 7.94. The molecule has 0 saturated carbocycles. The molecule has 0 aliphatic rings. The van der Waals surface area contributed by atoms with Crippen molar-refractivity contribution in [3.63, 3.8) is 0 Å². The van der Waals surface area contributed by atoms with Crippen LogP contribution in [0.4, 0.5) is 17.1 Å². The molecule has 9 aromatic rings. The molecule has 0 saturated heterocycles. The molecular weight excluding hydrogens is 577 g/mol. The first-order chi connectivity index (χ1) is 23.7. The minimum atomic E-state index is 0.120. The molecule has 226 valence electrons. The molecule has 0 aliphatic carbocycles. The number of rotatable bonds is 6. The van der Waals surface area contributed by atoms with Gasteiger partial charge < -0.3 is 4.90 Å². The van der Waals surface area contributed by atoms with Crippen molar-refractivity contribution in [3.8, 4) is 0 Å². The number of hydrogen-bond donors (Lipinski definition) is 0. The zero-order chi connectivity index (χ0) is 32.2. The second-order valence-electron chi connectivity index (χ2n) is 13.0. The van der Waals surface area contributed by atoms with E-state index in [0.29, 0.717) is 0 Å². The van der Waals surface area contributed by atoms with Gasteiger partial charge in [-0.05, 0) is 93.0 Å². The van der Waals surface area contributed by atoms with Crippen LogP contribution in [0.1, 0.15) is 11.1 Å². The van der Waals surface area contributed by atoms with Gasteiger partial charge in [0.25, 0.3) is 0 Å². The Bertz CT molecular complexity index is 2540. The van der Waals surface area contributed by atoms with E-state index in [9.17, 15) is 0 Å². The third-order valence-electron chi connectivity index (χ3n) is 10.1. The standard InChI is InChI=1S/C46H34BN/c1-31-28-43(47(35-16-6-3-7-17-35)36-18-8-4-9-19-36)41-26-24-40-32(2)29-44(42-27-25-39(31)45(41)46(40)42)48(37-20-10-5-11-21-37)38-23-22-33-14-12-13-15-34(33)30-38/h3-30H,1-2H3. The smallest absolute Gasteiger partial charge is 0.242 e. The minimum Gasteiger partial charge on any atom is -0.310 e. The van der Waals surface area contributed by atoms with Crippen molar-refractivity contribution in [2.24, 2.45) is 0 Å². The lowest BCUT2D eigenvalue weighted by atomic mass is 9.36. The third-order valence-corrected chi connectivity index (χ3v) is 10.1. The van der Waals surface area contributed by atoms with Crippen LogP contribution in [0.25, 0.3) is 43.1 Å². The Morgan fingerprint density at radius 1 is 0.396 bits per heavy atom. The highest BCUT2D eigenvalue weighted by molar-refractivity contribution is 6.97. The van der Waals surface area contributed by atoms with Crippen LogP contribution in [0.15, 0.2) is 170 Å². The predicted molar refractivity (Wildman–Crippen MR) is 209 cm³/mol. The number of aryl methyl sites for hydroxylation is 2. The van der Waals surface area contributed by atoms with Gasteiger partial charge in [-0.3, -0.25) is 0 Å². The monoisotopic (exact) mass is 611 g/mol. The Hall–Kier alpha value is -5.86. The molecule has 0 heterocycles. The highest BCUT2D eigenvalue weighted by atomic mass is 15.1. The molecule has 0 bridgehead atoms. The Morgan fingerprint density at radius 3 is 1.58 bits per heavy atom. The summed E-state index contributed by atoms with van der Waals surface area (Å²) in [5.74, 6) is 0. The third kappa shape index (κ3) is 4.56. The van der Waals surface area contributed by atoms with Crippen molar-refractivity contribution in [2.75, 3.05) is 4.90 Å². The highest BCUT2D eigenvalue weighted by Gasteiger charge is 2.27. The second-order valence-corrected chi connectivity index (χ2v) is 13.0. The molecule has 0 fully saturated rings. The first-order valence-corrected chi connectivity index (χ1v) is 16.8. The van der Waals surface area contributed by atoms with E-state index in [4.69, 9.17) is 0 Å². The van der Waals surface area contributed by atoms with E-state index in [-0.39, 0.29) is 6.71 Å². The largest absolute Gasteiger partial charge is 0.310 e. The van der Waals surface area contributed by atoms with Gasteiger partial charge in [0.1, 0.15) is 0 Å². The van der Waals surface area contributed by atoms with Crippen LogP contribution >= 0.6 is 0 Å². The molecule has 9 rings (SSSR count). The van der Waals surface area contributed by atoms with Crippen LogP contribution in [0.3, 0.4) is 0 Å². The molecule has 0 unspecified atom stereocenters. The summed E-state index contributed by atoms with van der Waals surface area (Å²) < 4.78 is 0. The summed E-state index contributed by atoms with van der Waals surface area (Å²) in [5, 5.41) is 10.4. The molecule has 48 heavy (non-hydrogen) atoms. The van der Waals surface area contributed by atoms with Gasteiger partial charge in [-0.1, -0.05) is 156 Å². The Morgan fingerprint density at radius 2 is 0.917 bits per heavy atom. The van der Waals surface area contributed by atoms with E-state index in [2.05, 4.69) is 189 Å². The lowest BCUT2D eigenvalue weighted by Crippen LogP contribution is -2.52. The van der Waals surface area contributed by atoms with E-state index < -0.39 is 0 Å². The van der Waals surface area contributed by atoms with Crippen LogP contribution in [-0.2, 0) is 0 Å². The quantitative estimate of drug-likeness (QED) is 0.134. The maximum atomic E-state index is 2.44. The highest BCUT2D eigenvalue weighted by Crippen LogP contribution is 2.45. The Balaban J connectivity index is 1.36. The van der Waals surface area contributed by atoms with E-state index >= 15 is 0 Å². The summed E-state index contributed by atoms with van der Waals surface area (Å²) in [4.78, 5) is 2.44. The Labute approximate surface area is 282 Å². The van der Waals surface area contributed by atoms with Gasteiger partial charge in [0, 0.05) is 16.8 Å². The maximum absolute atomic E-state index is 2.44. The lowest BCUT2D eigenvalue weighted by Gasteiger charge is -2.29. The minimum absolute atomic E-state index is 0.120. The van der Waals surface area contributed by atoms with Crippen LogP contribution in [-0.4, -0.2) is 6.71 Å². The average Bonchev–Trinajstić information content (AvgIpc) is 3.14. The Kier molecular flexibility index (Phi) is 6.76. The van der Waals surface area contributed by atoms with Gasteiger partial charge in [0.15, 0.2) is 0 Å². The van der Waals surface area contributed by atoms with E-state index in [1.807, 2.05) is 0 Å². The van der Waals surface area contributed by atoms with Crippen molar-refractivity contribution in [3.05, 3.63) is 181 Å². The van der Waals surface area contributed by atoms with Crippen molar-refractivity contribution >= 4 is 83.3 Å². The summed E-state index contributed by atoms with van der Waals surface area (Å²) >= 11 is 0. The van der Waals surface area contributed by atoms with E-state index in [1.165, 1.54) is 76.3 Å². The molecule has 0 amide bonds. The second kappa shape index (κ2) is 11.4. The summed E-state index contributed by atoms with van der Waals surface area (Å²) in [6.07, 6.45) is 0.